The summed E-state index contributed by atoms with van der Waals surface area (Å²) < 4.78 is 0. The van der Waals surface area contributed by atoms with Crippen molar-refractivity contribution in [2.75, 3.05) is 12.3 Å². The Bertz CT molecular complexity index is 695. The molecule has 4 N–H and O–H groups in total. The summed E-state index contributed by atoms with van der Waals surface area (Å²) in [6.45, 7) is 3.54. The van der Waals surface area contributed by atoms with Gasteiger partial charge >= 0.3 is 0 Å². The fourth-order valence-electron chi connectivity index (χ4n) is 2.25. The predicted molar refractivity (Wildman–Crippen MR) is 83.7 cm³/mol. The lowest BCUT2D eigenvalue weighted by Gasteiger charge is -2.26. The topological polar surface area (TPSA) is 89.4 Å². The van der Waals surface area contributed by atoms with Gasteiger partial charge in [-0.15, -0.1) is 0 Å². The van der Waals surface area contributed by atoms with Crippen LogP contribution >= 0.6 is 0 Å². The summed E-state index contributed by atoms with van der Waals surface area (Å²) in [5.41, 5.74) is 12.0. The Morgan fingerprint density at radius 2 is 1.71 bits per heavy atom. The van der Waals surface area contributed by atoms with Gasteiger partial charge in [0.05, 0.1) is 12.1 Å². The molecule has 0 aliphatic heterocycles. The second kappa shape index (κ2) is 5.83. The first-order chi connectivity index (χ1) is 9.90. The van der Waals surface area contributed by atoms with Crippen LogP contribution in [0.3, 0.4) is 0 Å². The number of nitrogens with two attached hydrogens (primary N) is 2. The van der Waals surface area contributed by atoms with E-state index in [9.17, 15) is 9.59 Å². The van der Waals surface area contributed by atoms with Gasteiger partial charge in [-0.3, -0.25) is 9.59 Å². The number of rotatable bonds is 4. The van der Waals surface area contributed by atoms with Crippen LogP contribution in [0.4, 0.5) is 5.69 Å². The zero-order chi connectivity index (χ0) is 15.6. The summed E-state index contributed by atoms with van der Waals surface area (Å²) in [4.78, 5) is 25.2. The van der Waals surface area contributed by atoms with Gasteiger partial charge in [0, 0.05) is 11.7 Å². The number of benzene rings is 2. The molecule has 0 aliphatic carbocycles. The highest BCUT2D eigenvalue weighted by Gasteiger charge is 2.22. The van der Waals surface area contributed by atoms with Crippen molar-refractivity contribution in [3.8, 4) is 0 Å². The van der Waals surface area contributed by atoms with Crippen LogP contribution in [0.5, 0.6) is 0 Å². The molecule has 5 nitrogen and oxygen atoms in total. The molecule has 0 bridgehead atoms. The number of carbonyl (C=O) groups excluding carboxylic acids is 2. The maximum atomic E-state index is 12.6. The van der Waals surface area contributed by atoms with Gasteiger partial charge in [-0.05, 0) is 36.8 Å². The maximum absolute atomic E-state index is 12.6. The predicted octanol–water partition coefficient (Wildman–Crippen LogP) is 1.76. The highest BCUT2D eigenvalue weighted by atomic mass is 16.2. The summed E-state index contributed by atoms with van der Waals surface area (Å²) in [5.74, 6) is -0.830. The second-order valence-electron chi connectivity index (χ2n) is 5.28. The molecule has 0 saturated carbocycles. The Morgan fingerprint density at radius 1 is 1.14 bits per heavy atom. The lowest BCUT2D eigenvalue weighted by atomic mass is 10.0. The van der Waals surface area contributed by atoms with Gasteiger partial charge in [0.2, 0.25) is 5.91 Å². The lowest BCUT2D eigenvalue weighted by molar-refractivity contribution is -0.119. The minimum atomic E-state index is -0.545. The van der Waals surface area contributed by atoms with Crippen molar-refractivity contribution in [1.82, 2.24) is 4.90 Å². The fourth-order valence-corrected chi connectivity index (χ4v) is 2.25. The average Bonchev–Trinajstić information content (AvgIpc) is 2.42. The second-order valence-corrected chi connectivity index (χ2v) is 5.28. The van der Waals surface area contributed by atoms with Gasteiger partial charge in [0.25, 0.3) is 5.91 Å². The van der Waals surface area contributed by atoms with Crippen molar-refractivity contribution in [3.05, 3.63) is 42.0 Å². The zero-order valence-corrected chi connectivity index (χ0v) is 12.2. The van der Waals surface area contributed by atoms with Crippen LogP contribution in [0.2, 0.25) is 0 Å². The standard InChI is InChI=1S/C16H19N3O2/c1-10(2)19(9-15(18)20)16(21)13-7-11-5-3-4-6-12(11)8-14(13)17/h3-8,10H,9,17H2,1-2H3,(H2,18,20). The average molecular weight is 285 g/mol. The minimum Gasteiger partial charge on any atom is -0.398 e. The zero-order valence-electron chi connectivity index (χ0n) is 12.2. The van der Waals surface area contributed by atoms with E-state index in [1.54, 1.807) is 12.1 Å². The van der Waals surface area contributed by atoms with Crippen LogP contribution in [0.25, 0.3) is 10.8 Å². The number of nitrogen functional groups attached to an aromatic ring is 1. The molecule has 0 radical (unpaired) electrons. The van der Waals surface area contributed by atoms with Crippen molar-refractivity contribution >= 4 is 28.3 Å². The Hall–Kier alpha value is -2.56. The molecule has 0 unspecified atom stereocenters. The highest BCUT2D eigenvalue weighted by Crippen LogP contribution is 2.23. The van der Waals surface area contributed by atoms with E-state index >= 15 is 0 Å². The van der Waals surface area contributed by atoms with Gasteiger partial charge in [0.1, 0.15) is 0 Å². The fraction of sp³-hybridized carbons (Fsp3) is 0.250. The first-order valence-electron chi connectivity index (χ1n) is 6.77. The first-order valence-corrected chi connectivity index (χ1v) is 6.77. The van der Waals surface area contributed by atoms with Crippen molar-refractivity contribution in [1.29, 1.82) is 0 Å². The molecule has 2 aromatic rings. The van der Waals surface area contributed by atoms with E-state index in [0.29, 0.717) is 11.3 Å². The molecule has 21 heavy (non-hydrogen) atoms. The normalized spacial score (nSPS) is 10.8. The lowest BCUT2D eigenvalue weighted by Crippen LogP contribution is -2.43. The van der Waals surface area contributed by atoms with Crippen molar-refractivity contribution < 1.29 is 9.59 Å². The number of nitrogens with zero attached hydrogens (tertiary/aromatic N) is 1. The van der Waals surface area contributed by atoms with Crippen LogP contribution in [0.1, 0.15) is 24.2 Å². The molecule has 2 aromatic carbocycles. The first kappa shape index (κ1) is 14.8. The van der Waals surface area contributed by atoms with E-state index in [0.717, 1.165) is 10.8 Å². The highest BCUT2D eigenvalue weighted by molar-refractivity contribution is 6.04. The number of primary amides is 1. The summed E-state index contributed by atoms with van der Waals surface area (Å²) in [6, 6.07) is 11.0. The molecule has 0 aliphatic rings. The third-order valence-corrected chi connectivity index (χ3v) is 3.36. The maximum Gasteiger partial charge on any atom is 0.256 e. The van der Waals surface area contributed by atoms with Crippen molar-refractivity contribution in [2.24, 2.45) is 5.73 Å². The van der Waals surface area contributed by atoms with Gasteiger partial charge in [-0.2, -0.15) is 0 Å². The van der Waals surface area contributed by atoms with Crippen LogP contribution in [0, 0.1) is 0 Å². The largest absolute Gasteiger partial charge is 0.398 e. The van der Waals surface area contributed by atoms with Gasteiger partial charge in [-0.25, -0.2) is 0 Å². The molecular formula is C16H19N3O2. The van der Waals surface area contributed by atoms with Gasteiger partial charge in [-0.1, -0.05) is 24.3 Å². The number of hydrogen-bond acceptors (Lipinski definition) is 3. The Labute approximate surface area is 123 Å². The minimum absolute atomic E-state index is 0.122. The smallest absolute Gasteiger partial charge is 0.256 e. The molecule has 2 amide bonds. The van der Waals surface area contributed by atoms with Crippen LogP contribution < -0.4 is 11.5 Å². The van der Waals surface area contributed by atoms with E-state index in [1.807, 2.05) is 38.1 Å². The third kappa shape index (κ3) is 3.13. The summed E-state index contributed by atoms with van der Waals surface area (Å²) >= 11 is 0. The Morgan fingerprint density at radius 3 is 2.24 bits per heavy atom. The number of anilines is 1. The van der Waals surface area contributed by atoms with E-state index < -0.39 is 5.91 Å². The summed E-state index contributed by atoms with van der Waals surface area (Å²) in [5, 5.41) is 1.90. The molecule has 2 rings (SSSR count). The molecule has 110 valence electrons. The van der Waals surface area contributed by atoms with Crippen LogP contribution in [-0.2, 0) is 4.79 Å². The molecule has 0 atom stereocenters. The van der Waals surface area contributed by atoms with Gasteiger partial charge in [0.15, 0.2) is 0 Å². The van der Waals surface area contributed by atoms with E-state index in [1.165, 1.54) is 4.90 Å². The molecule has 0 fully saturated rings. The molecule has 0 heterocycles. The molecule has 0 aromatic heterocycles. The summed E-state index contributed by atoms with van der Waals surface area (Å²) in [7, 11) is 0. The summed E-state index contributed by atoms with van der Waals surface area (Å²) in [6.07, 6.45) is 0. The van der Waals surface area contributed by atoms with Crippen LogP contribution in [-0.4, -0.2) is 29.3 Å². The van der Waals surface area contributed by atoms with E-state index in [-0.39, 0.29) is 18.5 Å². The number of amides is 2. The Balaban J connectivity index is 2.46. The molecule has 0 spiro atoms. The van der Waals surface area contributed by atoms with E-state index in [2.05, 4.69) is 0 Å². The van der Waals surface area contributed by atoms with Crippen molar-refractivity contribution in [3.63, 3.8) is 0 Å². The number of fused-ring (bicyclic) bond motifs is 1. The quantitative estimate of drug-likeness (QED) is 0.839. The third-order valence-electron chi connectivity index (χ3n) is 3.36. The SMILES string of the molecule is CC(C)N(CC(N)=O)C(=O)c1cc2ccccc2cc1N. The van der Waals surface area contributed by atoms with Gasteiger partial charge < -0.3 is 16.4 Å². The molecular weight excluding hydrogens is 266 g/mol. The molecule has 5 heteroatoms. The number of hydrogen-bond donors (Lipinski definition) is 2. The molecule has 0 saturated heterocycles. The van der Waals surface area contributed by atoms with Crippen molar-refractivity contribution in [2.45, 2.75) is 19.9 Å². The van der Waals surface area contributed by atoms with Crippen LogP contribution in [0.15, 0.2) is 36.4 Å². The monoisotopic (exact) mass is 285 g/mol. The van der Waals surface area contributed by atoms with E-state index in [4.69, 9.17) is 11.5 Å². The Kier molecular flexibility index (Phi) is 4.12. The number of carbonyl (C=O) groups is 2.